The molecule has 1 atom stereocenters. The number of pyridine rings is 1. The number of rotatable bonds is 5. The van der Waals surface area contributed by atoms with Gasteiger partial charge in [-0.2, -0.15) is 0 Å². The number of nitrogens with one attached hydrogen (secondary N) is 1. The highest BCUT2D eigenvalue weighted by Crippen LogP contribution is 2.23. The van der Waals surface area contributed by atoms with Gasteiger partial charge in [0.05, 0.1) is 17.3 Å². The monoisotopic (exact) mass is 294 g/mol. The minimum Gasteiger partial charge on any atom is -0.395 e. The Hall–Kier alpha value is -0.200. The predicted octanol–water partition coefficient (Wildman–Crippen LogP) is 1.11. The number of hydrogen-bond donors (Lipinski definition) is 3. The van der Waals surface area contributed by atoms with Gasteiger partial charge in [-0.15, -0.1) is 0 Å². The molecule has 0 bridgehead atoms. The Morgan fingerprint density at radius 3 is 2.93 bits per heavy atom. The number of aromatic nitrogens is 1. The Labute approximate surface area is 101 Å². The van der Waals surface area contributed by atoms with Crippen LogP contribution in [0.2, 0.25) is 5.02 Å². The van der Waals surface area contributed by atoms with E-state index in [0.717, 1.165) is 4.47 Å². The molecule has 0 spiro atoms. The first-order valence-electron chi connectivity index (χ1n) is 4.45. The summed E-state index contributed by atoms with van der Waals surface area (Å²) in [4.78, 5) is 4.03. The van der Waals surface area contributed by atoms with Gasteiger partial charge in [-0.25, -0.2) is 0 Å². The number of aliphatic hydroxyl groups is 2. The molecule has 1 aromatic heterocycles. The summed E-state index contributed by atoms with van der Waals surface area (Å²) in [6.45, 7) is 0.786. The number of aliphatic hydroxyl groups excluding tert-OH is 2. The minimum atomic E-state index is -0.767. The molecule has 0 aliphatic heterocycles. The fourth-order valence-corrected chi connectivity index (χ4v) is 1.84. The molecule has 4 nitrogen and oxygen atoms in total. The lowest BCUT2D eigenvalue weighted by Crippen LogP contribution is -2.25. The van der Waals surface area contributed by atoms with E-state index in [1.165, 1.54) is 0 Å². The zero-order chi connectivity index (χ0) is 11.3. The maximum atomic E-state index is 9.71. The second kappa shape index (κ2) is 6.40. The third-order valence-electron chi connectivity index (χ3n) is 1.78. The van der Waals surface area contributed by atoms with Crippen molar-refractivity contribution in [2.75, 3.05) is 19.7 Å². The Morgan fingerprint density at radius 1 is 1.60 bits per heavy atom. The molecular weight excluding hydrogens is 283 g/mol. The summed E-state index contributed by atoms with van der Waals surface area (Å²) in [6.07, 6.45) is 0.813. The average Bonchev–Trinajstić information content (AvgIpc) is 2.17. The van der Waals surface area contributed by atoms with Crippen molar-refractivity contribution in [3.05, 3.63) is 27.5 Å². The maximum Gasteiger partial charge on any atom is 0.110 e. The summed E-state index contributed by atoms with van der Waals surface area (Å²) in [5.41, 5.74) is 0.435. The number of nitrogens with zero attached hydrogens (tertiary/aromatic N) is 1. The smallest absolute Gasteiger partial charge is 0.110 e. The molecule has 84 valence electrons. The lowest BCUT2D eigenvalue weighted by Gasteiger charge is -2.12. The van der Waals surface area contributed by atoms with Crippen LogP contribution < -0.4 is 5.32 Å². The molecule has 1 rings (SSSR count). The summed E-state index contributed by atoms with van der Waals surface area (Å²) in [6, 6.07) is 1.68. The highest BCUT2D eigenvalue weighted by atomic mass is 79.9. The number of hydrogen-bond acceptors (Lipinski definition) is 4. The van der Waals surface area contributed by atoms with Crippen molar-refractivity contribution in [1.82, 2.24) is 10.3 Å². The molecule has 0 saturated heterocycles. The van der Waals surface area contributed by atoms with Gasteiger partial charge in [0.1, 0.15) is 6.10 Å². The molecular formula is C9H12BrClN2O2. The second-order valence-electron chi connectivity index (χ2n) is 2.96. The first-order valence-corrected chi connectivity index (χ1v) is 5.63. The van der Waals surface area contributed by atoms with Gasteiger partial charge >= 0.3 is 0 Å². The van der Waals surface area contributed by atoms with Gasteiger partial charge < -0.3 is 15.5 Å². The average molecular weight is 296 g/mol. The summed E-state index contributed by atoms with van der Waals surface area (Å²) in [5.74, 6) is 0. The normalized spacial score (nSPS) is 12.8. The van der Waals surface area contributed by atoms with Gasteiger partial charge in [0.2, 0.25) is 0 Å². The van der Waals surface area contributed by atoms with Gasteiger partial charge in [0.25, 0.3) is 0 Å². The Bertz CT molecular complexity index is 325. The first-order chi connectivity index (χ1) is 7.15. The molecule has 6 heteroatoms. The fourth-order valence-electron chi connectivity index (χ4n) is 1.08. The highest BCUT2D eigenvalue weighted by Gasteiger charge is 2.12. The van der Waals surface area contributed by atoms with Crippen LogP contribution in [0.15, 0.2) is 16.7 Å². The molecule has 1 aromatic rings. The van der Waals surface area contributed by atoms with Gasteiger partial charge in [-0.05, 0) is 22.0 Å². The largest absolute Gasteiger partial charge is 0.395 e. The van der Waals surface area contributed by atoms with Crippen molar-refractivity contribution in [3.63, 3.8) is 0 Å². The zero-order valence-electron chi connectivity index (χ0n) is 7.95. The SMILES string of the molecule is OCCNC[C@@H](O)c1ncc(Br)cc1Cl. The van der Waals surface area contributed by atoms with Crippen molar-refractivity contribution >= 4 is 27.5 Å². The van der Waals surface area contributed by atoms with E-state index in [4.69, 9.17) is 16.7 Å². The maximum absolute atomic E-state index is 9.71. The van der Waals surface area contributed by atoms with Crippen molar-refractivity contribution < 1.29 is 10.2 Å². The molecule has 0 unspecified atom stereocenters. The van der Waals surface area contributed by atoms with Crippen LogP contribution in [0.5, 0.6) is 0 Å². The summed E-state index contributed by atoms with van der Waals surface area (Å²) < 4.78 is 0.770. The van der Waals surface area contributed by atoms with Crippen LogP contribution in [0.4, 0.5) is 0 Å². The predicted molar refractivity (Wildman–Crippen MR) is 61.9 cm³/mol. The topological polar surface area (TPSA) is 65.4 Å². The van der Waals surface area contributed by atoms with Gasteiger partial charge in [-0.1, -0.05) is 11.6 Å². The molecule has 1 heterocycles. The van der Waals surface area contributed by atoms with Gasteiger partial charge in [-0.3, -0.25) is 4.98 Å². The zero-order valence-corrected chi connectivity index (χ0v) is 10.3. The first kappa shape index (κ1) is 12.9. The second-order valence-corrected chi connectivity index (χ2v) is 4.29. The van der Waals surface area contributed by atoms with Crippen molar-refractivity contribution in [1.29, 1.82) is 0 Å². The quantitative estimate of drug-likeness (QED) is 0.712. The van der Waals surface area contributed by atoms with Crippen molar-refractivity contribution in [2.45, 2.75) is 6.10 Å². The highest BCUT2D eigenvalue weighted by molar-refractivity contribution is 9.10. The summed E-state index contributed by atoms with van der Waals surface area (Å²) in [7, 11) is 0. The van der Waals surface area contributed by atoms with E-state index in [1.54, 1.807) is 12.3 Å². The van der Waals surface area contributed by atoms with Crippen LogP contribution in [0.3, 0.4) is 0 Å². The standard InChI is InChI=1S/C9H12BrClN2O2/c10-6-3-7(11)9(13-4-6)8(15)5-12-1-2-14/h3-4,8,12,14-15H,1-2,5H2/t8-/m1/s1. The van der Waals surface area contributed by atoms with Crippen molar-refractivity contribution in [3.8, 4) is 0 Å². The third-order valence-corrected chi connectivity index (χ3v) is 2.51. The molecule has 0 fully saturated rings. The summed E-state index contributed by atoms with van der Waals surface area (Å²) >= 11 is 9.14. The van der Waals surface area contributed by atoms with Gasteiger partial charge in [0.15, 0.2) is 0 Å². The van der Waals surface area contributed by atoms with Crippen LogP contribution in [0.1, 0.15) is 11.8 Å². The lowest BCUT2D eigenvalue weighted by atomic mass is 10.2. The van der Waals surface area contributed by atoms with Crippen LogP contribution in [0.25, 0.3) is 0 Å². The van der Waals surface area contributed by atoms with E-state index in [-0.39, 0.29) is 6.61 Å². The Balaban J connectivity index is 2.61. The van der Waals surface area contributed by atoms with E-state index >= 15 is 0 Å². The minimum absolute atomic E-state index is 0.0359. The molecule has 0 amide bonds. The fraction of sp³-hybridized carbons (Fsp3) is 0.444. The Morgan fingerprint density at radius 2 is 2.33 bits per heavy atom. The van der Waals surface area contributed by atoms with Crippen molar-refractivity contribution in [2.24, 2.45) is 0 Å². The van der Waals surface area contributed by atoms with E-state index in [1.807, 2.05) is 0 Å². The van der Waals surface area contributed by atoms with Gasteiger partial charge in [0, 0.05) is 23.8 Å². The van der Waals surface area contributed by atoms with Crippen LogP contribution in [-0.4, -0.2) is 34.9 Å². The van der Waals surface area contributed by atoms with Crippen LogP contribution in [-0.2, 0) is 0 Å². The molecule has 0 radical (unpaired) electrons. The van der Waals surface area contributed by atoms with E-state index in [9.17, 15) is 5.11 Å². The summed E-state index contributed by atoms with van der Waals surface area (Å²) in [5, 5.41) is 21.5. The molecule has 0 aromatic carbocycles. The Kier molecular flexibility index (Phi) is 5.49. The molecule has 0 aliphatic rings. The third kappa shape index (κ3) is 4.04. The molecule has 3 N–H and O–H groups in total. The molecule has 15 heavy (non-hydrogen) atoms. The van der Waals surface area contributed by atoms with E-state index in [0.29, 0.717) is 23.8 Å². The molecule has 0 saturated carbocycles. The molecule has 0 aliphatic carbocycles. The van der Waals surface area contributed by atoms with Crippen LogP contribution in [0, 0.1) is 0 Å². The number of halogens is 2. The van der Waals surface area contributed by atoms with Crippen LogP contribution >= 0.6 is 27.5 Å². The van der Waals surface area contributed by atoms with E-state index in [2.05, 4.69) is 26.2 Å². The lowest BCUT2D eigenvalue weighted by molar-refractivity contribution is 0.166. The van der Waals surface area contributed by atoms with E-state index < -0.39 is 6.10 Å².